The summed E-state index contributed by atoms with van der Waals surface area (Å²) in [6.07, 6.45) is -5.15. The fraction of sp³-hybridized carbons (Fsp3) is 0.357. The summed E-state index contributed by atoms with van der Waals surface area (Å²) in [4.78, 5) is 7.73. The van der Waals surface area contributed by atoms with Crippen LogP contribution in [0, 0.1) is 0 Å². The van der Waals surface area contributed by atoms with E-state index < -0.39 is 22.8 Å². The van der Waals surface area contributed by atoms with Crippen LogP contribution in [0.15, 0.2) is 22.7 Å². The molecule has 0 saturated heterocycles. The fourth-order valence-electron chi connectivity index (χ4n) is 2.29. The molecule has 4 rings (SSSR count). The van der Waals surface area contributed by atoms with Crippen LogP contribution < -0.4 is 0 Å². The van der Waals surface area contributed by atoms with E-state index in [1.54, 1.807) is 13.0 Å². The summed E-state index contributed by atoms with van der Waals surface area (Å²) in [5, 5.41) is 2.90. The van der Waals surface area contributed by atoms with Gasteiger partial charge in [0.1, 0.15) is 6.17 Å². The molecule has 23 heavy (non-hydrogen) atoms. The van der Waals surface area contributed by atoms with Gasteiger partial charge in [-0.2, -0.15) is 18.2 Å². The number of hydrogen-bond donors (Lipinski definition) is 0. The van der Waals surface area contributed by atoms with Crippen LogP contribution in [0.3, 0.4) is 0 Å². The molecule has 0 N–H and O–H groups in total. The number of rotatable bonds is 2. The standard InChI is InChI=1S/C14H9F4N3OS/c1-13(5-9(13)15)11-20-10(21-22-11)6-2-3-7-8(4-6)23-12(19-7)14(16,17)18/h2-4,9H,5H2,1H3/t9-,13-/m1/s1. The first-order valence-electron chi connectivity index (χ1n) is 6.74. The molecule has 2 heterocycles. The van der Waals surface area contributed by atoms with E-state index in [4.69, 9.17) is 4.52 Å². The number of nitrogens with zero attached hydrogens (tertiary/aromatic N) is 3. The normalized spacial score (nSPS) is 24.3. The Labute approximate surface area is 131 Å². The zero-order chi connectivity index (χ0) is 16.4. The molecule has 0 radical (unpaired) electrons. The van der Waals surface area contributed by atoms with Crippen LogP contribution in [0.5, 0.6) is 0 Å². The molecule has 0 aliphatic heterocycles. The van der Waals surface area contributed by atoms with Crippen LogP contribution in [-0.4, -0.2) is 21.3 Å². The topological polar surface area (TPSA) is 51.8 Å². The summed E-state index contributed by atoms with van der Waals surface area (Å²) in [5.74, 6) is 0.435. The molecule has 0 bridgehead atoms. The molecule has 9 heteroatoms. The van der Waals surface area contributed by atoms with Crippen molar-refractivity contribution in [3.05, 3.63) is 29.1 Å². The lowest BCUT2D eigenvalue weighted by Crippen LogP contribution is -2.04. The number of hydrogen-bond acceptors (Lipinski definition) is 5. The largest absolute Gasteiger partial charge is 0.443 e. The minimum absolute atomic E-state index is 0.209. The van der Waals surface area contributed by atoms with Gasteiger partial charge < -0.3 is 4.52 Å². The Balaban J connectivity index is 1.72. The zero-order valence-corrected chi connectivity index (χ0v) is 12.5. The Hall–Kier alpha value is -2.03. The molecule has 0 amide bonds. The fourth-order valence-corrected chi connectivity index (χ4v) is 3.16. The maximum absolute atomic E-state index is 13.3. The van der Waals surface area contributed by atoms with E-state index in [1.807, 2.05) is 0 Å². The molecule has 2 atom stereocenters. The van der Waals surface area contributed by atoms with Gasteiger partial charge in [0.05, 0.1) is 15.6 Å². The van der Waals surface area contributed by atoms with Gasteiger partial charge in [0.15, 0.2) is 5.01 Å². The van der Waals surface area contributed by atoms with Gasteiger partial charge in [-0.25, -0.2) is 9.37 Å². The second-order valence-electron chi connectivity index (χ2n) is 5.71. The number of halogens is 4. The Kier molecular flexibility index (Phi) is 2.85. The average molecular weight is 343 g/mol. The van der Waals surface area contributed by atoms with Crippen molar-refractivity contribution in [2.24, 2.45) is 0 Å². The third kappa shape index (κ3) is 2.30. The van der Waals surface area contributed by atoms with Gasteiger partial charge in [-0.3, -0.25) is 0 Å². The molecule has 0 spiro atoms. The van der Waals surface area contributed by atoms with Crippen molar-refractivity contribution in [2.45, 2.75) is 31.1 Å². The Morgan fingerprint density at radius 2 is 2.04 bits per heavy atom. The molecule has 1 fully saturated rings. The number of thiazole rings is 1. The zero-order valence-electron chi connectivity index (χ0n) is 11.7. The predicted octanol–water partition coefficient (Wildman–Crippen LogP) is 4.36. The molecule has 120 valence electrons. The van der Waals surface area contributed by atoms with Gasteiger partial charge in [-0.15, -0.1) is 11.3 Å². The van der Waals surface area contributed by atoms with E-state index in [2.05, 4.69) is 15.1 Å². The first kappa shape index (κ1) is 14.6. The molecule has 1 aliphatic rings. The summed E-state index contributed by atoms with van der Waals surface area (Å²) in [7, 11) is 0. The monoisotopic (exact) mass is 343 g/mol. The van der Waals surface area contributed by atoms with E-state index in [9.17, 15) is 17.6 Å². The van der Waals surface area contributed by atoms with Crippen molar-refractivity contribution in [1.29, 1.82) is 0 Å². The highest BCUT2D eigenvalue weighted by Gasteiger charge is 2.57. The van der Waals surface area contributed by atoms with E-state index in [0.717, 1.165) is 0 Å². The van der Waals surface area contributed by atoms with Crippen molar-refractivity contribution < 1.29 is 22.1 Å². The van der Waals surface area contributed by atoms with Gasteiger partial charge in [-0.1, -0.05) is 5.16 Å². The molecule has 1 aromatic carbocycles. The minimum atomic E-state index is -4.47. The van der Waals surface area contributed by atoms with Crippen LogP contribution in [0.1, 0.15) is 24.2 Å². The van der Waals surface area contributed by atoms with E-state index in [1.165, 1.54) is 12.1 Å². The molecule has 4 nitrogen and oxygen atoms in total. The Morgan fingerprint density at radius 3 is 2.70 bits per heavy atom. The quantitative estimate of drug-likeness (QED) is 0.649. The molecule has 0 unspecified atom stereocenters. The Morgan fingerprint density at radius 1 is 1.30 bits per heavy atom. The highest BCUT2D eigenvalue weighted by Crippen LogP contribution is 2.49. The van der Waals surface area contributed by atoms with Crippen molar-refractivity contribution in [1.82, 2.24) is 15.1 Å². The maximum Gasteiger partial charge on any atom is 0.443 e. The van der Waals surface area contributed by atoms with E-state index >= 15 is 0 Å². The average Bonchev–Trinajstić information content (AvgIpc) is 2.94. The molecule has 2 aromatic heterocycles. The lowest BCUT2D eigenvalue weighted by molar-refractivity contribution is -0.137. The predicted molar refractivity (Wildman–Crippen MR) is 74.8 cm³/mol. The minimum Gasteiger partial charge on any atom is -0.338 e. The SMILES string of the molecule is C[C@@]1(c2nc(-c3ccc4nc(C(F)(F)F)sc4c3)no2)C[C@H]1F. The van der Waals surface area contributed by atoms with Crippen molar-refractivity contribution in [3.8, 4) is 11.4 Å². The summed E-state index contributed by atoms with van der Waals surface area (Å²) in [6.45, 7) is 1.69. The third-order valence-electron chi connectivity index (χ3n) is 3.94. The van der Waals surface area contributed by atoms with E-state index in [0.29, 0.717) is 28.0 Å². The molecule has 3 aromatic rings. The van der Waals surface area contributed by atoms with Gasteiger partial charge in [0, 0.05) is 5.56 Å². The van der Waals surface area contributed by atoms with Crippen LogP contribution in [0.4, 0.5) is 17.6 Å². The highest BCUT2D eigenvalue weighted by atomic mass is 32.1. The number of alkyl halides is 4. The number of benzene rings is 1. The summed E-state index contributed by atoms with van der Waals surface area (Å²) in [6, 6.07) is 4.57. The molecule has 1 saturated carbocycles. The van der Waals surface area contributed by atoms with Crippen LogP contribution >= 0.6 is 11.3 Å². The lowest BCUT2D eigenvalue weighted by atomic mass is 10.1. The van der Waals surface area contributed by atoms with Gasteiger partial charge >= 0.3 is 6.18 Å². The van der Waals surface area contributed by atoms with Crippen LogP contribution in [-0.2, 0) is 11.6 Å². The van der Waals surface area contributed by atoms with Crippen molar-refractivity contribution >= 4 is 21.6 Å². The lowest BCUT2D eigenvalue weighted by Gasteiger charge is -1.98. The summed E-state index contributed by atoms with van der Waals surface area (Å²) in [5.41, 5.74) is 0.0147. The van der Waals surface area contributed by atoms with Gasteiger partial charge in [0.25, 0.3) is 0 Å². The van der Waals surface area contributed by atoms with Gasteiger partial charge in [0.2, 0.25) is 11.7 Å². The smallest absolute Gasteiger partial charge is 0.338 e. The first-order chi connectivity index (χ1) is 10.8. The van der Waals surface area contributed by atoms with Gasteiger partial charge in [-0.05, 0) is 31.5 Å². The Bertz CT molecular complexity index is 903. The second-order valence-corrected chi connectivity index (χ2v) is 6.74. The maximum atomic E-state index is 13.3. The summed E-state index contributed by atoms with van der Waals surface area (Å²) >= 11 is 0.556. The summed E-state index contributed by atoms with van der Waals surface area (Å²) < 4.78 is 56.9. The molecular weight excluding hydrogens is 334 g/mol. The highest BCUT2D eigenvalue weighted by molar-refractivity contribution is 7.18. The van der Waals surface area contributed by atoms with Crippen molar-refractivity contribution in [2.75, 3.05) is 0 Å². The van der Waals surface area contributed by atoms with E-state index in [-0.39, 0.29) is 17.2 Å². The molecule has 1 aliphatic carbocycles. The number of fused-ring (bicyclic) bond motifs is 1. The van der Waals surface area contributed by atoms with Crippen LogP contribution in [0.25, 0.3) is 21.6 Å². The third-order valence-corrected chi connectivity index (χ3v) is 5.00. The van der Waals surface area contributed by atoms with Crippen LogP contribution in [0.2, 0.25) is 0 Å². The van der Waals surface area contributed by atoms with Crippen molar-refractivity contribution in [3.63, 3.8) is 0 Å². The molecular formula is C14H9F4N3OS. The second kappa shape index (κ2) is 4.50. The number of aromatic nitrogens is 3. The first-order valence-corrected chi connectivity index (χ1v) is 7.55.